The van der Waals surface area contributed by atoms with E-state index in [4.69, 9.17) is 11.6 Å². The lowest BCUT2D eigenvalue weighted by atomic mass is 10.1. The number of fused-ring (bicyclic) bond motifs is 1. The van der Waals surface area contributed by atoms with E-state index in [0.29, 0.717) is 6.04 Å². The van der Waals surface area contributed by atoms with Gasteiger partial charge in [-0.1, -0.05) is 35.1 Å². The minimum atomic E-state index is 0.315. The molecule has 0 spiro atoms. The van der Waals surface area contributed by atoms with Crippen molar-refractivity contribution in [1.82, 2.24) is 25.0 Å². The average molecular weight is 361 g/mol. The van der Waals surface area contributed by atoms with Crippen molar-refractivity contribution in [3.8, 4) is 0 Å². The maximum Gasteiger partial charge on any atom is 0.205 e. The van der Waals surface area contributed by atoms with Crippen LogP contribution in [-0.4, -0.2) is 31.0 Å². The Balaban J connectivity index is 1.39. The first-order valence-electron chi connectivity index (χ1n) is 7.89. The largest absolute Gasteiger partial charge is 0.355 e. The maximum atomic E-state index is 5.92. The molecule has 124 valence electrons. The van der Waals surface area contributed by atoms with Gasteiger partial charge >= 0.3 is 0 Å². The molecule has 1 aliphatic heterocycles. The van der Waals surface area contributed by atoms with Gasteiger partial charge in [0.1, 0.15) is 16.7 Å². The molecule has 4 rings (SSSR count). The number of halogens is 1. The average Bonchev–Trinajstić information content (AvgIpc) is 3.14. The van der Waals surface area contributed by atoms with Gasteiger partial charge in [-0.15, -0.1) is 10.2 Å². The van der Waals surface area contributed by atoms with Crippen LogP contribution >= 0.6 is 22.9 Å². The van der Waals surface area contributed by atoms with Gasteiger partial charge in [-0.25, -0.2) is 9.67 Å². The number of nitrogens with zero attached hydrogens (tertiary/aromatic N) is 5. The number of hydrogen-bond acceptors (Lipinski definition) is 6. The first-order chi connectivity index (χ1) is 11.7. The number of nitrogens with one attached hydrogen (secondary N) is 1. The highest BCUT2D eigenvalue weighted by Gasteiger charge is 2.21. The standard InChI is InChI=1S/C16H17ClN6S/c1-10-18-14-7-6-13(9-23(14)22-10)19-16-21-20-15(24-16)8-11-2-4-12(17)5-3-11/h2-5,13H,6-9H2,1H3,(H,19,21). The summed E-state index contributed by atoms with van der Waals surface area (Å²) in [5.74, 6) is 1.91. The van der Waals surface area contributed by atoms with Crippen LogP contribution in [0.15, 0.2) is 24.3 Å². The van der Waals surface area contributed by atoms with Crippen molar-refractivity contribution in [1.29, 1.82) is 0 Å². The number of aryl methyl sites for hydroxylation is 2. The number of rotatable bonds is 4. The predicted molar refractivity (Wildman–Crippen MR) is 94.7 cm³/mol. The third kappa shape index (κ3) is 3.42. The summed E-state index contributed by atoms with van der Waals surface area (Å²) in [5.41, 5.74) is 1.18. The third-order valence-corrected chi connectivity index (χ3v) is 5.13. The molecular formula is C16H17ClN6S. The summed E-state index contributed by atoms with van der Waals surface area (Å²) in [6, 6.07) is 8.15. The Morgan fingerprint density at radius 2 is 2.12 bits per heavy atom. The molecule has 2 aromatic heterocycles. The zero-order chi connectivity index (χ0) is 16.5. The number of benzene rings is 1. The molecule has 0 radical (unpaired) electrons. The Morgan fingerprint density at radius 3 is 2.96 bits per heavy atom. The molecule has 0 amide bonds. The molecule has 0 bridgehead atoms. The lowest BCUT2D eigenvalue weighted by molar-refractivity contribution is 0.440. The fraction of sp³-hybridized carbons (Fsp3) is 0.375. The van der Waals surface area contributed by atoms with Crippen LogP contribution in [0.5, 0.6) is 0 Å². The van der Waals surface area contributed by atoms with Gasteiger partial charge in [0, 0.05) is 23.9 Å². The van der Waals surface area contributed by atoms with E-state index in [1.165, 1.54) is 5.56 Å². The van der Waals surface area contributed by atoms with Gasteiger partial charge in [0.2, 0.25) is 5.13 Å². The molecule has 1 aromatic carbocycles. The van der Waals surface area contributed by atoms with Crippen molar-refractivity contribution in [3.63, 3.8) is 0 Å². The fourth-order valence-electron chi connectivity index (χ4n) is 2.89. The second-order valence-electron chi connectivity index (χ2n) is 5.94. The van der Waals surface area contributed by atoms with Crippen LogP contribution < -0.4 is 5.32 Å². The van der Waals surface area contributed by atoms with E-state index in [1.807, 2.05) is 35.9 Å². The number of aromatic nitrogens is 5. The number of anilines is 1. The fourth-order valence-corrected chi connectivity index (χ4v) is 3.86. The molecular weight excluding hydrogens is 344 g/mol. The van der Waals surface area contributed by atoms with E-state index in [9.17, 15) is 0 Å². The van der Waals surface area contributed by atoms with E-state index in [-0.39, 0.29) is 0 Å². The summed E-state index contributed by atoms with van der Waals surface area (Å²) in [7, 11) is 0. The van der Waals surface area contributed by atoms with Crippen LogP contribution in [0.25, 0.3) is 0 Å². The van der Waals surface area contributed by atoms with Gasteiger partial charge in [0.05, 0.1) is 6.54 Å². The summed E-state index contributed by atoms with van der Waals surface area (Å²) < 4.78 is 1.99. The summed E-state index contributed by atoms with van der Waals surface area (Å²) in [5, 5.41) is 19.1. The second-order valence-corrected chi connectivity index (χ2v) is 7.44. The minimum Gasteiger partial charge on any atom is -0.355 e. The lowest BCUT2D eigenvalue weighted by Gasteiger charge is -2.22. The molecule has 1 aliphatic rings. The van der Waals surface area contributed by atoms with Gasteiger partial charge in [-0.3, -0.25) is 0 Å². The van der Waals surface area contributed by atoms with Crippen LogP contribution in [0.2, 0.25) is 5.02 Å². The quantitative estimate of drug-likeness (QED) is 0.774. The van der Waals surface area contributed by atoms with E-state index in [0.717, 1.165) is 52.6 Å². The Kier molecular flexibility index (Phi) is 4.20. The molecule has 8 heteroatoms. The molecule has 3 heterocycles. The number of hydrogen-bond donors (Lipinski definition) is 1. The maximum absolute atomic E-state index is 5.92. The SMILES string of the molecule is Cc1nc2n(n1)CC(Nc1nnc(Cc3ccc(Cl)cc3)s1)CC2. The van der Waals surface area contributed by atoms with Crippen molar-refractivity contribution in [3.05, 3.63) is 51.5 Å². The predicted octanol–water partition coefficient (Wildman–Crippen LogP) is 3.11. The minimum absolute atomic E-state index is 0.315. The normalized spacial score (nSPS) is 16.8. The summed E-state index contributed by atoms with van der Waals surface area (Å²) in [4.78, 5) is 4.44. The molecule has 0 saturated heterocycles. The van der Waals surface area contributed by atoms with Crippen molar-refractivity contribution >= 4 is 28.1 Å². The smallest absolute Gasteiger partial charge is 0.205 e. The molecule has 1 N–H and O–H groups in total. The molecule has 1 atom stereocenters. The van der Waals surface area contributed by atoms with Gasteiger partial charge < -0.3 is 5.32 Å². The third-order valence-electron chi connectivity index (χ3n) is 4.03. The molecule has 0 saturated carbocycles. The first kappa shape index (κ1) is 15.5. The van der Waals surface area contributed by atoms with E-state index in [2.05, 4.69) is 25.6 Å². The van der Waals surface area contributed by atoms with Crippen LogP contribution in [-0.2, 0) is 19.4 Å². The van der Waals surface area contributed by atoms with Gasteiger partial charge in [0.15, 0.2) is 0 Å². The van der Waals surface area contributed by atoms with Crippen LogP contribution in [0.1, 0.15) is 28.6 Å². The van der Waals surface area contributed by atoms with Gasteiger partial charge in [-0.2, -0.15) is 5.10 Å². The van der Waals surface area contributed by atoms with Gasteiger partial charge in [0.25, 0.3) is 0 Å². The Labute approximate surface area is 148 Å². The highest BCUT2D eigenvalue weighted by Crippen LogP contribution is 2.22. The van der Waals surface area contributed by atoms with Crippen LogP contribution in [0.4, 0.5) is 5.13 Å². The van der Waals surface area contributed by atoms with Crippen molar-refractivity contribution in [2.24, 2.45) is 0 Å². The zero-order valence-electron chi connectivity index (χ0n) is 13.2. The molecule has 0 aliphatic carbocycles. The highest BCUT2D eigenvalue weighted by atomic mass is 35.5. The first-order valence-corrected chi connectivity index (χ1v) is 9.09. The van der Waals surface area contributed by atoms with Gasteiger partial charge in [-0.05, 0) is 31.0 Å². The Morgan fingerprint density at radius 1 is 1.29 bits per heavy atom. The summed E-state index contributed by atoms with van der Waals surface area (Å²) >= 11 is 7.52. The lowest BCUT2D eigenvalue weighted by Crippen LogP contribution is -2.31. The monoisotopic (exact) mass is 360 g/mol. The Bertz CT molecular complexity index is 841. The summed E-state index contributed by atoms with van der Waals surface area (Å²) in [6.07, 6.45) is 2.74. The zero-order valence-corrected chi connectivity index (χ0v) is 14.8. The van der Waals surface area contributed by atoms with Crippen LogP contribution in [0, 0.1) is 6.92 Å². The molecule has 6 nitrogen and oxygen atoms in total. The molecule has 24 heavy (non-hydrogen) atoms. The van der Waals surface area contributed by atoms with E-state index in [1.54, 1.807) is 11.3 Å². The van der Waals surface area contributed by atoms with Crippen molar-refractivity contribution < 1.29 is 0 Å². The Hall–Kier alpha value is -1.99. The van der Waals surface area contributed by atoms with Crippen LogP contribution in [0.3, 0.4) is 0 Å². The van der Waals surface area contributed by atoms with Crippen molar-refractivity contribution in [2.45, 2.75) is 38.8 Å². The topological polar surface area (TPSA) is 68.5 Å². The molecule has 0 fully saturated rings. The highest BCUT2D eigenvalue weighted by molar-refractivity contribution is 7.15. The van der Waals surface area contributed by atoms with E-state index < -0.39 is 0 Å². The van der Waals surface area contributed by atoms with Crippen molar-refractivity contribution in [2.75, 3.05) is 5.32 Å². The molecule has 3 aromatic rings. The van der Waals surface area contributed by atoms with E-state index >= 15 is 0 Å². The second kappa shape index (κ2) is 6.49. The summed E-state index contributed by atoms with van der Waals surface area (Å²) in [6.45, 7) is 2.75. The molecule has 1 unspecified atom stereocenters.